The molecule has 88 valence electrons. The molecule has 0 aliphatic rings. The summed E-state index contributed by atoms with van der Waals surface area (Å²) < 4.78 is 12.9. The number of carbonyl (C=O) groups is 1. The second-order valence-corrected chi connectivity index (χ2v) is 4.07. The first kappa shape index (κ1) is 12.7. The number of rotatable bonds is 4. The third-order valence-corrected chi connectivity index (χ3v) is 2.89. The minimum atomic E-state index is -0.295. The lowest BCUT2D eigenvalue weighted by Gasteiger charge is -2.23. The third-order valence-electron chi connectivity index (χ3n) is 2.89. The second-order valence-electron chi connectivity index (χ2n) is 4.07. The largest absolute Gasteiger partial charge is 0.343 e. The van der Waals surface area contributed by atoms with Crippen LogP contribution in [0.4, 0.5) is 4.39 Å². The number of nitrogens with zero attached hydrogens (tertiary/aromatic N) is 1. The summed E-state index contributed by atoms with van der Waals surface area (Å²) in [6.07, 6.45) is 1.18. The molecule has 0 aliphatic carbocycles. The van der Waals surface area contributed by atoms with E-state index in [1.165, 1.54) is 12.1 Å². The first-order valence-electron chi connectivity index (χ1n) is 5.54. The van der Waals surface area contributed by atoms with Crippen LogP contribution in [0.3, 0.4) is 0 Å². The zero-order valence-corrected chi connectivity index (χ0v) is 10.0. The molecule has 3 heteroatoms. The van der Waals surface area contributed by atoms with Crippen molar-refractivity contribution in [3.05, 3.63) is 35.6 Å². The molecule has 0 heterocycles. The van der Waals surface area contributed by atoms with Crippen molar-refractivity contribution in [2.75, 3.05) is 7.05 Å². The Kier molecular flexibility index (Phi) is 4.47. The summed E-state index contributed by atoms with van der Waals surface area (Å²) in [6.45, 7) is 4.04. The van der Waals surface area contributed by atoms with Crippen LogP contribution in [-0.4, -0.2) is 23.9 Å². The number of halogens is 1. The summed E-state index contributed by atoms with van der Waals surface area (Å²) in [5, 5.41) is 0. The molecule has 16 heavy (non-hydrogen) atoms. The average molecular weight is 223 g/mol. The third kappa shape index (κ3) is 3.33. The Bertz CT molecular complexity index is 365. The lowest BCUT2D eigenvalue weighted by Crippen LogP contribution is -2.35. The van der Waals surface area contributed by atoms with Gasteiger partial charge in [0, 0.05) is 13.1 Å². The Balaban J connectivity index is 2.64. The highest BCUT2D eigenvalue weighted by atomic mass is 19.1. The molecular weight excluding hydrogens is 205 g/mol. The minimum Gasteiger partial charge on any atom is -0.343 e. The van der Waals surface area contributed by atoms with E-state index in [0.717, 1.165) is 12.0 Å². The van der Waals surface area contributed by atoms with Crippen LogP contribution in [0.25, 0.3) is 0 Å². The summed E-state index contributed by atoms with van der Waals surface area (Å²) >= 11 is 0. The van der Waals surface area contributed by atoms with Crippen LogP contribution in [0.5, 0.6) is 0 Å². The molecular formula is C13H18FNO. The van der Waals surface area contributed by atoms with Crippen molar-refractivity contribution in [3.63, 3.8) is 0 Å². The molecule has 0 spiro atoms. The van der Waals surface area contributed by atoms with E-state index in [1.54, 1.807) is 24.1 Å². The Morgan fingerprint density at radius 3 is 2.75 bits per heavy atom. The molecule has 0 bridgehead atoms. The summed E-state index contributed by atoms with van der Waals surface area (Å²) in [7, 11) is 1.79. The van der Waals surface area contributed by atoms with Gasteiger partial charge in [-0.2, -0.15) is 0 Å². The van der Waals surface area contributed by atoms with Gasteiger partial charge >= 0.3 is 0 Å². The fourth-order valence-electron chi connectivity index (χ4n) is 1.47. The minimum absolute atomic E-state index is 0.0277. The van der Waals surface area contributed by atoms with Gasteiger partial charge in [-0.15, -0.1) is 0 Å². The molecule has 0 N–H and O–H groups in total. The number of hydrogen-bond acceptors (Lipinski definition) is 1. The van der Waals surface area contributed by atoms with Crippen molar-refractivity contribution in [2.24, 2.45) is 0 Å². The second kappa shape index (κ2) is 5.64. The van der Waals surface area contributed by atoms with E-state index in [4.69, 9.17) is 0 Å². The first-order chi connectivity index (χ1) is 7.54. The molecule has 2 nitrogen and oxygen atoms in total. The molecule has 1 unspecified atom stereocenters. The van der Waals surface area contributed by atoms with Gasteiger partial charge in [-0.3, -0.25) is 4.79 Å². The van der Waals surface area contributed by atoms with Crippen LogP contribution >= 0.6 is 0 Å². The van der Waals surface area contributed by atoms with E-state index < -0.39 is 0 Å². The van der Waals surface area contributed by atoms with Crippen molar-refractivity contribution < 1.29 is 9.18 Å². The average Bonchev–Trinajstić information content (AvgIpc) is 2.27. The summed E-state index contributed by atoms with van der Waals surface area (Å²) in [5.41, 5.74) is 0.722. The van der Waals surface area contributed by atoms with Crippen LogP contribution in [0.1, 0.15) is 25.8 Å². The normalized spacial score (nSPS) is 12.2. The van der Waals surface area contributed by atoms with E-state index in [0.29, 0.717) is 0 Å². The molecule has 1 atom stereocenters. The van der Waals surface area contributed by atoms with E-state index >= 15 is 0 Å². The number of benzene rings is 1. The molecule has 1 amide bonds. The molecule has 0 fully saturated rings. The summed E-state index contributed by atoms with van der Waals surface area (Å²) in [5.74, 6) is -0.267. The fraction of sp³-hybridized carbons (Fsp3) is 0.462. The molecule has 0 saturated carbocycles. The molecule has 1 aromatic carbocycles. The summed E-state index contributed by atoms with van der Waals surface area (Å²) in [6, 6.07) is 6.41. The van der Waals surface area contributed by atoms with Gasteiger partial charge < -0.3 is 4.90 Å². The first-order valence-corrected chi connectivity index (χ1v) is 5.54. The zero-order valence-electron chi connectivity index (χ0n) is 10.0. The van der Waals surface area contributed by atoms with Gasteiger partial charge in [0.25, 0.3) is 0 Å². The molecule has 0 aromatic heterocycles. The number of amides is 1. The Morgan fingerprint density at radius 2 is 2.19 bits per heavy atom. The lowest BCUT2D eigenvalue weighted by molar-refractivity contribution is -0.130. The molecule has 0 radical (unpaired) electrons. The summed E-state index contributed by atoms with van der Waals surface area (Å²) in [4.78, 5) is 13.5. The molecule has 1 aromatic rings. The Labute approximate surface area is 96.1 Å². The van der Waals surface area contributed by atoms with Crippen LogP contribution in [0.2, 0.25) is 0 Å². The van der Waals surface area contributed by atoms with E-state index in [1.807, 2.05) is 13.8 Å². The number of likely N-dealkylation sites (N-methyl/N-ethyl adjacent to an activating group) is 1. The van der Waals surface area contributed by atoms with Crippen molar-refractivity contribution in [2.45, 2.75) is 32.7 Å². The van der Waals surface area contributed by atoms with Crippen molar-refractivity contribution >= 4 is 5.91 Å². The smallest absolute Gasteiger partial charge is 0.226 e. The van der Waals surface area contributed by atoms with Gasteiger partial charge in [0.15, 0.2) is 0 Å². The van der Waals surface area contributed by atoms with Crippen molar-refractivity contribution in [3.8, 4) is 0 Å². The van der Waals surface area contributed by atoms with Crippen molar-refractivity contribution in [1.82, 2.24) is 4.90 Å². The zero-order chi connectivity index (χ0) is 12.1. The van der Waals surface area contributed by atoms with E-state index in [-0.39, 0.29) is 24.2 Å². The van der Waals surface area contributed by atoms with Crippen LogP contribution in [-0.2, 0) is 11.2 Å². The highest BCUT2D eigenvalue weighted by Crippen LogP contribution is 2.08. The van der Waals surface area contributed by atoms with Crippen LogP contribution < -0.4 is 0 Å². The standard InChI is InChI=1S/C13H18FNO/c1-4-10(2)15(3)13(16)9-11-6-5-7-12(14)8-11/h5-8,10H,4,9H2,1-3H3. The topological polar surface area (TPSA) is 20.3 Å². The quantitative estimate of drug-likeness (QED) is 0.768. The highest BCUT2D eigenvalue weighted by molar-refractivity contribution is 5.78. The van der Waals surface area contributed by atoms with Gasteiger partial charge in [-0.05, 0) is 31.0 Å². The number of carbonyl (C=O) groups excluding carboxylic acids is 1. The fourth-order valence-corrected chi connectivity index (χ4v) is 1.47. The van der Waals surface area contributed by atoms with Gasteiger partial charge in [0.05, 0.1) is 6.42 Å². The van der Waals surface area contributed by atoms with Gasteiger partial charge in [-0.1, -0.05) is 19.1 Å². The van der Waals surface area contributed by atoms with Gasteiger partial charge in [0.1, 0.15) is 5.82 Å². The maximum atomic E-state index is 12.9. The predicted molar refractivity (Wildman–Crippen MR) is 62.6 cm³/mol. The molecule has 1 rings (SSSR count). The Hall–Kier alpha value is -1.38. The lowest BCUT2D eigenvalue weighted by atomic mass is 10.1. The maximum absolute atomic E-state index is 12.9. The monoisotopic (exact) mass is 223 g/mol. The molecule has 0 aliphatic heterocycles. The van der Waals surface area contributed by atoms with Crippen LogP contribution in [0, 0.1) is 5.82 Å². The predicted octanol–water partition coefficient (Wildman–Crippen LogP) is 2.63. The van der Waals surface area contributed by atoms with E-state index in [9.17, 15) is 9.18 Å². The molecule has 0 saturated heterocycles. The van der Waals surface area contributed by atoms with Crippen LogP contribution in [0.15, 0.2) is 24.3 Å². The van der Waals surface area contributed by atoms with Gasteiger partial charge in [-0.25, -0.2) is 4.39 Å². The van der Waals surface area contributed by atoms with Crippen molar-refractivity contribution in [1.29, 1.82) is 0 Å². The maximum Gasteiger partial charge on any atom is 0.226 e. The number of hydrogen-bond donors (Lipinski definition) is 0. The van der Waals surface area contributed by atoms with E-state index in [2.05, 4.69) is 0 Å². The Morgan fingerprint density at radius 1 is 1.50 bits per heavy atom. The highest BCUT2D eigenvalue weighted by Gasteiger charge is 2.14. The SMILES string of the molecule is CCC(C)N(C)C(=O)Cc1cccc(F)c1. The van der Waals surface area contributed by atoms with Gasteiger partial charge in [0.2, 0.25) is 5.91 Å².